The molecule has 12 heavy (non-hydrogen) atoms. The minimum absolute atomic E-state index is 3.64. The predicted octanol–water partition coefficient (Wildman–Crippen LogP) is 2.72. The van der Waals surface area contributed by atoms with Gasteiger partial charge < -0.3 is 0 Å². The summed E-state index contributed by atoms with van der Waals surface area (Å²) in [6.45, 7) is 0. The van der Waals surface area contributed by atoms with Gasteiger partial charge in [-0.15, -0.1) is 5.11 Å². The molecule has 0 saturated carbocycles. The second kappa shape index (κ2) is 2.92. The van der Waals surface area contributed by atoms with E-state index in [1.165, 1.54) is 0 Å². The number of alkyl halides is 4. The van der Waals surface area contributed by atoms with E-state index in [0.717, 1.165) is 0 Å². The smallest absolute Gasteiger partial charge is 0.199 e. The lowest BCUT2D eigenvalue weighted by Gasteiger charge is -2.16. The molecule has 0 atom stereocenters. The van der Waals surface area contributed by atoms with Crippen LogP contribution in [0.1, 0.15) is 0 Å². The molecule has 1 nitrogen and oxygen atoms in total. The number of halogens is 7. The maximum atomic E-state index is 11.6. The van der Waals surface area contributed by atoms with E-state index < -0.39 is 23.9 Å². The van der Waals surface area contributed by atoms with Crippen LogP contribution in [0.4, 0.5) is 30.7 Å². The first-order chi connectivity index (χ1) is 5.10. The number of hydrogen-bond donors (Lipinski definition) is 0. The fourth-order valence-electron chi connectivity index (χ4n) is 0.246. The summed E-state index contributed by atoms with van der Waals surface area (Å²) in [5, 5.41) is 9.18. The van der Waals surface area contributed by atoms with E-state index in [0.29, 0.717) is 0 Å². The van der Waals surface area contributed by atoms with Gasteiger partial charge in [-0.05, 0) is 0 Å². The third-order valence-corrected chi connectivity index (χ3v) is 0.807. The van der Waals surface area contributed by atoms with Gasteiger partial charge in [-0.2, -0.15) is 30.7 Å². The standard InChI is InChI=1S/C4F7O/c5-1(2(6)7)3(8,9)4(10,11)12. The summed E-state index contributed by atoms with van der Waals surface area (Å²) in [4.78, 5) is 0. The summed E-state index contributed by atoms with van der Waals surface area (Å²) < 4.78 is 79.1. The van der Waals surface area contributed by atoms with Crippen molar-refractivity contribution in [1.82, 2.24) is 0 Å². The molecule has 0 N–H and O–H groups in total. The Bertz CT molecular complexity index is 198. The van der Waals surface area contributed by atoms with Crippen molar-refractivity contribution in [2.45, 2.75) is 12.0 Å². The summed E-state index contributed by atoms with van der Waals surface area (Å²) in [5.74, 6) is -9.71. The topological polar surface area (TPSA) is 19.9 Å². The van der Waals surface area contributed by atoms with Crippen LogP contribution in [0.2, 0.25) is 0 Å². The molecule has 0 unspecified atom stereocenters. The molecular weight excluding hydrogens is 197 g/mol. The lowest BCUT2D eigenvalue weighted by molar-refractivity contribution is -0.345. The van der Waals surface area contributed by atoms with E-state index in [2.05, 4.69) is 0 Å². The van der Waals surface area contributed by atoms with Crippen LogP contribution in [-0.2, 0) is 5.11 Å². The molecule has 0 aliphatic heterocycles. The molecule has 0 aromatic heterocycles. The molecule has 0 aromatic carbocycles. The maximum absolute atomic E-state index is 11.6. The second-order valence-corrected chi connectivity index (χ2v) is 1.67. The van der Waals surface area contributed by atoms with Crippen molar-refractivity contribution in [1.29, 1.82) is 0 Å². The molecule has 71 valence electrons. The minimum Gasteiger partial charge on any atom is -0.199 e. The van der Waals surface area contributed by atoms with Gasteiger partial charge in [-0.1, -0.05) is 0 Å². The van der Waals surface area contributed by atoms with Crippen LogP contribution in [0.5, 0.6) is 0 Å². The van der Waals surface area contributed by atoms with Crippen LogP contribution in [-0.4, -0.2) is 12.0 Å². The predicted molar refractivity (Wildman–Crippen MR) is 20.9 cm³/mol. The number of rotatable bonds is 2. The fourth-order valence-corrected chi connectivity index (χ4v) is 0.246. The molecular formula is C4F7O. The Morgan fingerprint density at radius 3 is 1.33 bits per heavy atom. The zero-order valence-electron chi connectivity index (χ0n) is 5.05. The van der Waals surface area contributed by atoms with E-state index in [4.69, 9.17) is 0 Å². The Labute approximate surface area is 61.1 Å². The van der Waals surface area contributed by atoms with Crippen molar-refractivity contribution >= 4 is 0 Å². The van der Waals surface area contributed by atoms with Gasteiger partial charge in [0.2, 0.25) is 5.83 Å². The Kier molecular flexibility index (Phi) is 2.73. The van der Waals surface area contributed by atoms with Crippen LogP contribution in [0, 0.1) is 0 Å². The zero-order valence-corrected chi connectivity index (χ0v) is 5.05. The van der Waals surface area contributed by atoms with Crippen LogP contribution < -0.4 is 0 Å². The summed E-state index contributed by atoms with van der Waals surface area (Å²) in [6.07, 6.45) is -9.74. The SMILES string of the molecule is [O]C(F)(F)C(F)(F)C(F)=C(F)F. The fraction of sp³-hybridized carbons (Fsp3) is 0.500. The lowest BCUT2D eigenvalue weighted by Crippen LogP contribution is -2.39. The molecule has 0 aliphatic rings. The van der Waals surface area contributed by atoms with Crippen LogP contribution in [0.25, 0.3) is 0 Å². The van der Waals surface area contributed by atoms with E-state index in [-0.39, 0.29) is 0 Å². The van der Waals surface area contributed by atoms with E-state index in [1.54, 1.807) is 0 Å². The average Bonchev–Trinajstić information content (AvgIpc) is 1.83. The monoisotopic (exact) mass is 197 g/mol. The summed E-state index contributed by atoms with van der Waals surface area (Å²) in [5.41, 5.74) is 0. The highest BCUT2D eigenvalue weighted by Gasteiger charge is 2.62. The first kappa shape index (κ1) is 11.2. The number of hydrogen-bond acceptors (Lipinski definition) is 0. The van der Waals surface area contributed by atoms with Crippen molar-refractivity contribution < 1.29 is 35.8 Å². The molecule has 0 aliphatic carbocycles. The molecule has 1 radical (unpaired) electrons. The third-order valence-electron chi connectivity index (χ3n) is 0.807. The van der Waals surface area contributed by atoms with Gasteiger partial charge >= 0.3 is 18.1 Å². The van der Waals surface area contributed by atoms with Crippen molar-refractivity contribution in [3.63, 3.8) is 0 Å². The highest BCUT2D eigenvalue weighted by Crippen LogP contribution is 2.40. The Morgan fingerprint density at radius 1 is 0.917 bits per heavy atom. The molecule has 0 saturated heterocycles. The summed E-state index contributed by atoms with van der Waals surface area (Å²) in [6, 6.07) is 0. The Balaban J connectivity index is 5.01. The van der Waals surface area contributed by atoms with Crippen molar-refractivity contribution in [2.24, 2.45) is 0 Å². The first-order valence-electron chi connectivity index (χ1n) is 2.28. The molecule has 0 spiro atoms. The maximum Gasteiger partial charge on any atom is 0.452 e. The quantitative estimate of drug-likeness (QED) is 0.606. The first-order valence-corrected chi connectivity index (χ1v) is 2.28. The van der Waals surface area contributed by atoms with Gasteiger partial charge in [0.15, 0.2) is 0 Å². The minimum atomic E-state index is -6.10. The van der Waals surface area contributed by atoms with Gasteiger partial charge in [0.25, 0.3) is 0 Å². The van der Waals surface area contributed by atoms with Gasteiger partial charge in [-0.25, -0.2) is 0 Å². The Morgan fingerprint density at radius 2 is 1.25 bits per heavy atom. The highest BCUT2D eigenvalue weighted by atomic mass is 19.3. The molecule has 0 amide bonds. The molecule has 0 bridgehead atoms. The van der Waals surface area contributed by atoms with Gasteiger partial charge in [0.05, 0.1) is 0 Å². The molecule has 0 fully saturated rings. The van der Waals surface area contributed by atoms with Crippen LogP contribution >= 0.6 is 0 Å². The van der Waals surface area contributed by atoms with E-state index >= 15 is 0 Å². The third kappa shape index (κ3) is 1.87. The largest absolute Gasteiger partial charge is 0.452 e. The Hall–Kier alpha value is -0.790. The molecule has 0 heterocycles. The van der Waals surface area contributed by atoms with Gasteiger partial charge in [0.1, 0.15) is 0 Å². The summed E-state index contributed by atoms with van der Waals surface area (Å²) >= 11 is 0. The van der Waals surface area contributed by atoms with Crippen LogP contribution in [0.15, 0.2) is 11.9 Å². The molecule has 0 rings (SSSR count). The van der Waals surface area contributed by atoms with Crippen LogP contribution in [0.3, 0.4) is 0 Å². The average molecular weight is 197 g/mol. The zero-order chi connectivity index (χ0) is 10.2. The van der Waals surface area contributed by atoms with Gasteiger partial charge in [-0.3, -0.25) is 0 Å². The van der Waals surface area contributed by atoms with Crippen molar-refractivity contribution in [3.8, 4) is 0 Å². The normalized spacial score (nSPS) is 13.0. The van der Waals surface area contributed by atoms with E-state index in [9.17, 15) is 35.8 Å². The molecule has 8 heteroatoms. The van der Waals surface area contributed by atoms with Crippen molar-refractivity contribution in [2.75, 3.05) is 0 Å². The van der Waals surface area contributed by atoms with Gasteiger partial charge in [0, 0.05) is 0 Å². The highest BCUT2D eigenvalue weighted by molar-refractivity contribution is 5.07. The van der Waals surface area contributed by atoms with Crippen molar-refractivity contribution in [3.05, 3.63) is 11.9 Å². The second-order valence-electron chi connectivity index (χ2n) is 1.67. The lowest BCUT2D eigenvalue weighted by atomic mass is 10.3. The summed E-state index contributed by atoms with van der Waals surface area (Å²) in [7, 11) is 0. The molecule has 0 aromatic rings. The van der Waals surface area contributed by atoms with E-state index in [1.807, 2.05) is 0 Å².